The number of anilines is 1. The van der Waals surface area contributed by atoms with E-state index in [0.717, 1.165) is 82.4 Å². The number of piperidine rings is 1. The highest BCUT2D eigenvalue weighted by Crippen LogP contribution is 2.27. The molecule has 28 heavy (non-hydrogen) atoms. The van der Waals surface area contributed by atoms with Crippen LogP contribution in [0.4, 0.5) is 5.82 Å². The third kappa shape index (κ3) is 4.64. The first-order valence-electron chi connectivity index (χ1n) is 10.1. The summed E-state index contributed by atoms with van der Waals surface area (Å²) in [4.78, 5) is 26.0. The maximum atomic E-state index is 12.5. The molecule has 2 fully saturated rings. The van der Waals surface area contributed by atoms with Gasteiger partial charge in [-0.15, -0.1) is 0 Å². The van der Waals surface area contributed by atoms with Crippen molar-refractivity contribution in [3.05, 3.63) is 30.0 Å². The van der Waals surface area contributed by atoms with Crippen molar-refractivity contribution >= 4 is 11.7 Å². The number of likely N-dealkylation sites (tertiary alicyclic amines) is 1. The molecule has 1 amide bonds. The van der Waals surface area contributed by atoms with Crippen LogP contribution in [0.3, 0.4) is 0 Å². The van der Waals surface area contributed by atoms with Crippen LogP contribution in [0.1, 0.15) is 43.1 Å². The lowest BCUT2D eigenvalue weighted by molar-refractivity contribution is -0.132. The molecule has 2 aromatic rings. The number of hydrogen-bond acceptors (Lipinski definition) is 7. The second-order valence-corrected chi connectivity index (χ2v) is 7.34. The van der Waals surface area contributed by atoms with Gasteiger partial charge in [0.05, 0.1) is 25.1 Å². The molecular formula is C19H27N7O2. The second-order valence-electron chi connectivity index (χ2n) is 7.34. The van der Waals surface area contributed by atoms with Gasteiger partial charge in [0.25, 0.3) is 0 Å². The van der Waals surface area contributed by atoms with E-state index in [9.17, 15) is 4.79 Å². The first kappa shape index (κ1) is 18.8. The summed E-state index contributed by atoms with van der Waals surface area (Å²) in [5.74, 6) is 2.44. The van der Waals surface area contributed by atoms with Gasteiger partial charge in [0, 0.05) is 44.7 Å². The Balaban J connectivity index is 1.26. The van der Waals surface area contributed by atoms with Crippen molar-refractivity contribution in [2.24, 2.45) is 0 Å². The fourth-order valence-electron chi connectivity index (χ4n) is 3.84. The quantitative estimate of drug-likeness (QED) is 0.796. The fraction of sp³-hybridized carbons (Fsp3) is 0.632. The number of aromatic amines is 1. The van der Waals surface area contributed by atoms with Crippen LogP contribution < -0.4 is 4.90 Å². The molecule has 2 aliphatic heterocycles. The first-order chi connectivity index (χ1) is 13.8. The van der Waals surface area contributed by atoms with Gasteiger partial charge in [-0.3, -0.25) is 4.79 Å². The lowest BCUT2D eigenvalue weighted by Crippen LogP contribution is -2.38. The van der Waals surface area contributed by atoms with E-state index < -0.39 is 0 Å². The smallest absolute Gasteiger partial charge is 0.222 e. The molecule has 9 nitrogen and oxygen atoms in total. The van der Waals surface area contributed by atoms with Crippen LogP contribution in [-0.2, 0) is 16.0 Å². The van der Waals surface area contributed by atoms with Crippen molar-refractivity contribution in [1.82, 2.24) is 30.3 Å². The predicted molar refractivity (Wildman–Crippen MR) is 103 cm³/mol. The monoisotopic (exact) mass is 385 g/mol. The normalized spacial score (nSPS) is 18.4. The van der Waals surface area contributed by atoms with Crippen molar-refractivity contribution in [2.75, 3.05) is 44.3 Å². The average Bonchev–Trinajstić information content (AvgIpc) is 3.28. The number of amides is 1. The largest absolute Gasteiger partial charge is 0.378 e. The van der Waals surface area contributed by atoms with E-state index in [4.69, 9.17) is 9.72 Å². The maximum Gasteiger partial charge on any atom is 0.222 e. The molecule has 2 aromatic heterocycles. The van der Waals surface area contributed by atoms with Gasteiger partial charge in [-0.2, -0.15) is 15.4 Å². The highest BCUT2D eigenvalue weighted by molar-refractivity contribution is 5.76. The summed E-state index contributed by atoms with van der Waals surface area (Å²) in [6.07, 6.45) is 7.54. The number of rotatable bonds is 6. The standard InChI is InChI=1S/C19H27N7O2/c27-18(3-1-2-16-14-21-24-23-16)26-8-5-15(6-9-26)19-20-7-4-17(22-19)25-10-12-28-13-11-25/h4,7,14-15H,1-3,5-6,8-13H2,(H,21,23,24). The zero-order valence-electron chi connectivity index (χ0n) is 16.1. The van der Waals surface area contributed by atoms with Crippen LogP contribution in [0.25, 0.3) is 0 Å². The molecule has 4 heterocycles. The molecule has 0 aliphatic carbocycles. The van der Waals surface area contributed by atoms with E-state index in [0.29, 0.717) is 12.3 Å². The van der Waals surface area contributed by atoms with Crippen LogP contribution >= 0.6 is 0 Å². The minimum Gasteiger partial charge on any atom is -0.378 e. The van der Waals surface area contributed by atoms with E-state index in [1.165, 1.54) is 0 Å². The Hall–Kier alpha value is -2.55. The predicted octanol–water partition coefficient (Wildman–Crippen LogP) is 1.16. The molecule has 0 spiro atoms. The van der Waals surface area contributed by atoms with Crippen LogP contribution in [0.2, 0.25) is 0 Å². The van der Waals surface area contributed by atoms with Crippen molar-refractivity contribution in [3.8, 4) is 0 Å². The van der Waals surface area contributed by atoms with Crippen molar-refractivity contribution in [1.29, 1.82) is 0 Å². The van der Waals surface area contributed by atoms with E-state index >= 15 is 0 Å². The number of morpholine rings is 1. The Morgan fingerprint density at radius 3 is 2.79 bits per heavy atom. The summed E-state index contributed by atoms with van der Waals surface area (Å²) in [5.41, 5.74) is 0.906. The SMILES string of the molecule is O=C(CCCc1cn[nH]n1)N1CCC(c2nccc(N3CCOCC3)n2)CC1. The van der Waals surface area contributed by atoms with Crippen LogP contribution in [0, 0.1) is 0 Å². The number of aryl methyl sites for hydroxylation is 1. The zero-order valence-corrected chi connectivity index (χ0v) is 16.1. The topological polar surface area (TPSA) is 100 Å². The Morgan fingerprint density at radius 1 is 1.21 bits per heavy atom. The van der Waals surface area contributed by atoms with Crippen molar-refractivity contribution < 1.29 is 9.53 Å². The van der Waals surface area contributed by atoms with E-state index in [2.05, 4.69) is 25.3 Å². The van der Waals surface area contributed by atoms with Gasteiger partial charge < -0.3 is 14.5 Å². The Bertz CT molecular complexity index is 753. The number of aromatic nitrogens is 5. The summed E-state index contributed by atoms with van der Waals surface area (Å²) in [7, 11) is 0. The number of carbonyl (C=O) groups is 1. The highest BCUT2D eigenvalue weighted by atomic mass is 16.5. The van der Waals surface area contributed by atoms with Gasteiger partial charge >= 0.3 is 0 Å². The summed E-state index contributed by atoms with van der Waals surface area (Å²) in [6.45, 7) is 4.79. The van der Waals surface area contributed by atoms with Gasteiger partial charge in [0.2, 0.25) is 5.91 Å². The number of hydrogen-bond donors (Lipinski definition) is 1. The maximum absolute atomic E-state index is 12.5. The molecule has 0 bridgehead atoms. The number of H-pyrrole nitrogens is 1. The third-order valence-corrected chi connectivity index (χ3v) is 5.50. The van der Waals surface area contributed by atoms with Crippen molar-refractivity contribution in [2.45, 2.75) is 38.0 Å². The lowest BCUT2D eigenvalue weighted by Gasteiger charge is -2.32. The summed E-state index contributed by atoms with van der Waals surface area (Å²) < 4.78 is 5.42. The number of carbonyl (C=O) groups excluding carboxylic acids is 1. The molecule has 0 radical (unpaired) electrons. The van der Waals surface area contributed by atoms with Crippen LogP contribution in [0.15, 0.2) is 18.5 Å². The molecule has 0 saturated carbocycles. The molecular weight excluding hydrogens is 358 g/mol. The van der Waals surface area contributed by atoms with Crippen LogP contribution in [-0.4, -0.2) is 75.6 Å². The molecule has 4 rings (SSSR count). The third-order valence-electron chi connectivity index (χ3n) is 5.50. The summed E-state index contributed by atoms with van der Waals surface area (Å²) in [5, 5.41) is 10.4. The lowest BCUT2D eigenvalue weighted by atomic mass is 9.95. The van der Waals surface area contributed by atoms with Gasteiger partial charge in [0.1, 0.15) is 11.6 Å². The number of nitrogens with one attached hydrogen (secondary N) is 1. The summed E-state index contributed by atoms with van der Waals surface area (Å²) >= 11 is 0. The second kappa shape index (κ2) is 9.09. The van der Waals surface area contributed by atoms with Crippen LogP contribution in [0.5, 0.6) is 0 Å². The molecule has 2 aliphatic rings. The fourth-order valence-corrected chi connectivity index (χ4v) is 3.84. The molecule has 2 saturated heterocycles. The zero-order chi connectivity index (χ0) is 19.2. The summed E-state index contributed by atoms with van der Waals surface area (Å²) in [6, 6.07) is 1.97. The van der Waals surface area contributed by atoms with Gasteiger partial charge in [-0.1, -0.05) is 0 Å². The molecule has 0 atom stereocenters. The van der Waals surface area contributed by atoms with E-state index in [1.807, 2.05) is 17.2 Å². The molecule has 1 N–H and O–H groups in total. The minimum atomic E-state index is 0.227. The van der Waals surface area contributed by atoms with Gasteiger partial charge in [0.15, 0.2) is 0 Å². The Labute approximate surface area is 164 Å². The molecule has 9 heteroatoms. The van der Waals surface area contributed by atoms with E-state index in [1.54, 1.807) is 6.20 Å². The van der Waals surface area contributed by atoms with Crippen molar-refractivity contribution in [3.63, 3.8) is 0 Å². The van der Waals surface area contributed by atoms with Gasteiger partial charge in [-0.05, 0) is 31.7 Å². The molecule has 150 valence electrons. The Kier molecular flexibility index (Phi) is 6.11. The minimum absolute atomic E-state index is 0.227. The average molecular weight is 385 g/mol. The number of ether oxygens (including phenoxy) is 1. The Morgan fingerprint density at radius 2 is 2.04 bits per heavy atom. The molecule has 0 unspecified atom stereocenters. The number of nitrogens with zero attached hydrogens (tertiary/aromatic N) is 6. The highest BCUT2D eigenvalue weighted by Gasteiger charge is 2.26. The van der Waals surface area contributed by atoms with Gasteiger partial charge in [-0.25, -0.2) is 9.97 Å². The molecule has 0 aromatic carbocycles. The first-order valence-corrected chi connectivity index (χ1v) is 10.1. The van der Waals surface area contributed by atoms with E-state index in [-0.39, 0.29) is 5.91 Å².